The van der Waals surface area contributed by atoms with E-state index in [2.05, 4.69) is 17.6 Å². The Morgan fingerprint density at radius 3 is 2.50 bits per heavy atom. The number of anilines is 2. The maximum Gasteiger partial charge on any atom is 0.341 e. The second-order valence-electron chi connectivity index (χ2n) is 10.1. The van der Waals surface area contributed by atoms with Gasteiger partial charge in [-0.05, 0) is 73.4 Å². The molecule has 2 amide bonds. The largest absolute Gasteiger partial charge is 0.478 e. The third-order valence-corrected chi connectivity index (χ3v) is 9.25. The van der Waals surface area contributed by atoms with Crippen molar-refractivity contribution in [2.45, 2.75) is 38.0 Å². The van der Waals surface area contributed by atoms with Crippen molar-refractivity contribution >= 4 is 68.3 Å². The minimum atomic E-state index is -1.11. The van der Waals surface area contributed by atoms with Crippen LogP contribution in [-0.2, 0) is 22.4 Å². The Morgan fingerprint density at radius 1 is 1.02 bits per heavy atom. The third-order valence-electron chi connectivity index (χ3n) is 7.09. The van der Waals surface area contributed by atoms with Crippen LogP contribution in [0.15, 0.2) is 65.6 Å². The van der Waals surface area contributed by atoms with Crippen molar-refractivity contribution in [1.29, 1.82) is 0 Å². The second kappa shape index (κ2) is 12.8. The van der Waals surface area contributed by atoms with E-state index in [9.17, 15) is 24.3 Å². The lowest BCUT2D eigenvalue weighted by Crippen LogP contribution is -2.17. The molecule has 1 atom stereocenters. The van der Waals surface area contributed by atoms with Crippen LogP contribution >= 0.6 is 23.1 Å². The van der Waals surface area contributed by atoms with Gasteiger partial charge in [0.1, 0.15) is 5.00 Å². The van der Waals surface area contributed by atoms with Crippen LogP contribution in [0.1, 0.15) is 61.8 Å². The molecule has 1 aliphatic carbocycles. The van der Waals surface area contributed by atoms with Crippen molar-refractivity contribution in [1.82, 2.24) is 0 Å². The molecular weight excluding hydrogens is 572 g/mol. The van der Waals surface area contributed by atoms with Gasteiger partial charge in [0.05, 0.1) is 23.5 Å². The van der Waals surface area contributed by atoms with Crippen LogP contribution in [0.25, 0.3) is 10.8 Å². The van der Waals surface area contributed by atoms with Crippen molar-refractivity contribution in [3.63, 3.8) is 0 Å². The van der Waals surface area contributed by atoms with Crippen LogP contribution in [0.4, 0.5) is 10.7 Å². The van der Waals surface area contributed by atoms with Gasteiger partial charge in [0, 0.05) is 26.4 Å². The van der Waals surface area contributed by atoms with Gasteiger partial charge in [-0.3, -0.25) is 9.59 Å². The molecule has 5 rings (SSSR count). The van der Waals surface area contributed by atoms with Gasteiger partial charge in [-0.15, -0.1) is 23.1 Å². The van der Waals surface area contributed by atoms with Gasteiger partial charge in [0.15, 0.2) is 0 Å². The fourth-order valence-electron chi connectivity index (χ4n) is 5.14. The van der Waals surface area contributed by atoms with E-state index < -0.39 is 17.8 Å². The van der Waals surface area contributed by atoms with Crippen molar-refractivity contribution in [3.8, 4) is 0 Å². The van der Waals surface area contributed by atoms with Crippen LogP contribution in [-0.4, -0.2) is 41.2 Å². The van der Waals surface area contributed by atoms with E-state index in [1.54, 1.807) is 55.5 Å². The summed E-state index contributed by atoms with van der Waals surface area (Å²) in [5, 5.41) is 17.0. The summed E-state index contributed by atoms with van der Waals surface area (Å²) in [5.74, 6) is -1.57. The summed E-state index contributed by atoms with van der Waals surface area (Å²) < 4.78 is 5.30. The molecule has 0 bridgehead atoms. The predicted octanol–water partition coefficient (Wildman–Crippen LogP) is 6.88. The molecule has 1 unspecified atom stereocenters. The number of carbonyl (C=O) groups is 4. The third kappa shape index (κ3) is 6.34. The number of benzene rings is 3. The molecular formula is C32H30N2O6S2. The summed E-state index contributed by atoms with van der Waals surface area (Å²) in [6.45, 7) is 4.21. The molecule has 1 heterocycles. The van der Waals surface area contributed by atoms with Gasteiger partial charge >= 0.3 is 11.9 Å². The number of hydrogen-bond donors (Lipinski definition) is 3. The number of thioether (sulfide) groups is 1. The monoisotopic (exact) mass is 602 g/mol. The van der Waals surface area contributed by atoms with Crippen LogP contribution in [0, 0.1) is 5.92 Å². The summed E-state index contributed by atoms with van der Waals surface area (Å²) in [7, 11) is 0. The Labute approximate surface area is 251 Å². The fraction of sp³-hybridized carbons (Fsp3) is 0.250. The van der Waals surface area contributed by atoms with Gasteiger partial charge in [-0.25, -0.2) is 9.59 Å². The summed E-state index contributed by atoms with van der Waals surface area (Å²) in [6.07, 6.45) is 2.67. The van der Waals surface area contributed by atoms with E-state index in [1.165, 1.54) is 29.2 Å². The summed E-state index contributed by atoms with van der Waals surface area (Å²) in [6, 6.07) is 17.1. The number of ether oxygens (including phenoxy) is 1. The normalized spacial score (nSPS) is 14.2. The molecule has 3 aromatic carbocycles. The molecule has 0 radical (unpaired) electrons. The minimum absolute atomic E-state index is 0.0563. The summed E-state index contributed by atoms with van der Waals surface area (Å²) in [4.78, 5) is 52.6. The van der Waals surface area contributed by atoms with Crippen LogP contribution in [0.5, 0.6) is 0 Å². The number of carbonyl (C=O) groups excluding carboxylic acids is 3. The molecule has 0 saturated carbocycles. The van der Waals surface area contributed by atoms with Crippen LogP contribution in [0.3, 0.4) is 0 Å². The van der Waals surface area contributed by atoms with Gasteiger partial charge in [-0.1, -0.05) is 37.3 Å². The van der Waals surface area contributed by atoms with E-state index >= 15 is 0 Å². The van der Waals surface area contributed by atoms with Gasteiger partial charge in [0.25, 0.3) is 5.91 Å². The van der Waals surface area contributed by atoms with E-state index in [1.807, 2.05) is 6.07 Å². The zero-order valence-electron chi connectivity index (χ0n) is 23.2. The highest BCUT2D eigenvalue weighted by Gasteiger charge is 2.29. The first-order valence-corrected chi connectivity index (χ1v) is 15.5. The molecule has 3 N–H and O–H groups in total. The molecule has 4 aromatic rings. The predicted molar refractivity (Wildman–Crippen MR) is 166 cm³/mol. The number of rotatable bonds is 9. The van der Waals surface area contributed by atoms with Crippen LogP contribution in [0.2, 0.25) is 0 Å². The van der Waals surface area contributed by atoms with Gasteiger partial charge in [-0.2, -0.15) is 0 Å². The maximum atomic E-state index is 13.2. The molecule has 8 nitrogen and oxygen atoms in total. The lowest BCUT2D eigenvalue weighted by Gasteiger charge is -2.18. The highest BCUT2D eigenvalue weighted by Crippen LogP contribution is 2.40. The number of nitrogens with one attached hydrogen (secondary N) is 2. The molecule has 1 aliphatic rings. The number of hydrogen-bond acceptors (Lipinski definition) is 7. The number of amides is 2. The average Bonchev–Trinajstić information content (AvgIpc) is 3.32. The number of carboxylic acids is 1. The van der Waals surface area contributed by atoms with Crippen molar-refractivity contribution in [2.75, 3.05) is 23.0 Å². The maximum absolute atomic E-state index is 13.2. The highest BCUT2D eigenvalue weighted by atomic mass is 32.2. The first-order valence-electron chi connectivity index (χ1n) is 13.7. The zero-order chi connectivity index (χ0) is 29.8. The number of fused-ring (bicyclic) bond motifs is 2. The molecule has 0 aliphatic heterocycles. The van der Waals surface area contributed by atoms with Crippen molar-refractivity contribution < 1.29 is 29.0 Å². The van der Waals surface area contributed by atoms with E-state index in [-0.39, 0.29) is 29.4 Å². The Bertz CT molecular complexity index is 1690. The van der Waals surface area contributed by atoms with Crippen molar-refractivity contribution in [2.24, 2.45) is 5.92 Å². The average molecular weight is 603 g/mol. The lowest BCUT2D eigenvalue weighted by molar-refractivity contribution is -0.113. The molecule has 0 fully saturated rings. The Kier molecular flexibility index (Phi) is 8.94. The van der Waals surface area contributed by atoms with Gasteiger partial charge < -0.3 is 20.5 Å². The zero-order valence-corrected chi connectivity index (χ0v) is 24.8. The second-order valence-corrected chi connectivity index (χ2v) is 12.3. The van der Waals surface area contributed by atoms with Crippen molar-refractivity contribution in [3.05, 3.63) is 87.8 Å². The number of thiophene rings is 1. The first-order chi connectivity index (χ1) is 20.2. The molecule has 1 aromatic heterocycles. The van der Waals surface area contributed by atoms with E-state index in [0.29, 0.717) is 32.9 Å². The Morgan fingerprint density at radius 2 is 1.76 bits per heavy atom. The number of carboxylic acid groups (broad SMARTS) is 1. The SMILES string of the molecule is CCOC(=O)c1c(NC(=O)CSc2cccc(NC(=O)c3cccc4cccc(C(=O)O)c34)c2)sc2c1CCC(C)C2. The molecule has 216 valence electrons. The number of esters is 1. The smallest absolute Gasteiger partial charge is 0.341 e. The minimum Gasteiger partial charge on any atom is -0.478 e. The Hall–Kier alpha value is -4.15. The fourth-order valence-corrected chi connectivity index (χ4v) is 7.31. The summed E-state index contributed by atoms with van der Waals surface area (Å²) >= 11 is 2.76. The molecule has 0 saturated heterocycles. The van der Waals surface area contributed by atoms with Gasteiger partial charge in [0.2, 0.25) is 5.91 Å². The highest BCUT2D eigenvalue weighted by molar-refractivity contribution is 8.00. The van der Waals surface area contributed by atoms with E-state index in [4.69, 9.17) is 4.74 Å². The van der Waals surface area contributed by atoms with E-state index in [0.717, 1.165) is 34.6 Å². The van der Waals surface area contributed by atoms with Crippen LogP contribution < -0.4 is 10.6 Å². The lowest BCUT2D eigenvalue weighted by atomic mass is 9.88. The standard InChI is InChI=1S/C32H30N2O6S2/c1-3-40-32(39)28-22-14-13-18(2)15-25(22)42-30(28)34-26(35)17-41-21-10-6-9-20(16-21)33-29(36)23-11-4-7-19-8-5-12-24(27(19)23)31(37)38/h4-12,16,18H,3,13-15,17H2,1-2H3,(H,33,36)(H,34,35)(H,37,38). The Balaban J connectivity index is 1.27. The topological polar surface area (TPSA) is 122 Å². The molecule has 0 spiro atoms. The molecule has 42 heavy (non-hydrogen) atoms. The first kappa shape index (κ1) is 29.3. The quantitative estimate of drug-likeness (QED) is 0.141. The summed E-state index contributed by atoms with van der Waals surface area (Å²) in [5.41, 5.74) is 2.30. The number of aromatic carboxylic acids is 1. The molecule has 10 heteroatoms.